The molecule has 2 aliphatic rings. The molecule has 0 heterocycles. The maximum absolute atomic E-state index is 11.5. The van der Waals surface area contributed by atoms with Crippen LogP contribution >= 0.6 is 0 Å². The van der Waals surface area contributed by atoms with E-state index in [4.69, 9.17) is 0 Å². The van der Waals surface area contributed by atoms with Gasteiger partial charge < -0.3 is 0 Å². The molecule has 0 saturated heterocycles. The lowest BCUT2D eigenvalue weighted by atomic mass is 9.83. The molecule has 0 unspecified atom stereocenters. The molecule has 0 spiro atoms. The molecule has 0 N–H and O–H groups in total. The van der Waals surface area contributed by atoms with Crippen LogP contribution in [0.4, 0.5) is 0 Å². The van der Waals surface area contributed by atoms with Crippen LogP contribution in [0.5, 0.6) is 0 Å². The van der Waals surface area contributed by atoms with Crippen LogP contribution in [0.1, 0.15) is 77.0 Å². The van der Waals surface area contributed by atoms with Gasteiger partial charge in [0, 0.05) is 0 Å². The van der Waals surface area contributed by atoms with Crippen molar-refractivity contribution in [2.24, 2.45) is 0 Å². The van der Waals surface area contributed by atoms with Crippen LogP contribution in [-0.2, 0) is 9.59 Å². The van der Waals surface area contributed by atoms with Crippen LogP contribution < -0.4 is 0 Å². The van der Waals surface area contributed by atoms with Gasteiger partial charge in [-0.15, -0.1) is 0 Å². The fourth-order valence-electron chi connectivity index (χ4n) is 3.51. The lowest BCUT2D eigenvalue weighted by Crippen LogP contribution is -2.07. The molecule has 0 aromatic rings. The zero-order chi connectivity index (χ0) is 14.2. The summed E-state index contributed by atoms with van der Waals surface area (Å²) in [6.45, 7) is 0. The predicted octanol–water partition coefficient (Wildman–Crippen LogP) is 4.69. The SMILES string of the molecule is O=CC1=C(/C2=C(\C=O)CCCCCC2)CCCCCC1. The van der Waals surface area contributed by atoms with E-state index in [-0.39, 0.29) is 0 Å². The van der Waals surface area contributed by atoms with Gasteiger partial charge in [0.25, 0.3) is 0 Å². The summed E-state index contributed by atoms with van der Waals surface area (Å²) in [6.07, 6.45) is 15.4. The summed E-state index contributed by atoms with van der Waals surface area (Å²) in [4.78, 5) is 22.9. The van der Waals surface area contributed by atoms with E-state index >= 15 is 0 Å². The second-order valence-corrected chi connectivity index (χ2v) is 6.07. The molecule has 0 aromatic heterocycles. The maximum Gasteiger partial charge on any atom is 0.146 e. The molecule has 0 aromatic carbocycles. The van der Waals surface area contributed by atoms with Gasteiger partial charge in [0.05, 0.1) is 0 Å². The van der Waals surface area contributed by atoms with E-state index in [1.54, 1.807) is 0 Å². The molecule has 0 radical (unpaired) electrons. The van der Waals surface area contributed by atoms with Crippen LogP contribution in [0, 0.1) is 0 Å². The number of aldehydes is 2. The topological polar surface area (TPSA) is 34.1 Å². The summed E-state index contributed by atoms with van der Waals surface area (Å²) in [5.41, 5.74) is 4.40. The highest BCUT2D eigenvalue weighted by Gasteiger charge is 2.18. The van der Waals surface area contributed by atoms with Crippen molar-refractivity contribution in [2.45, 2.75) is 77.0 Å². The van der Waals surface area contributed by atoms with Crippen molar-refractivity contribution in [3.63, 3.8) is 0 Å². The van der Waals surface area contributed by atoms with Gasteiger partial charge in [-0.25, -0.2) is 0 Å². The van der Waals surface area contributed by atoms with Crippen molar-refractivity contribution < 1.29 is 9.59 Å². The van der Waals surface area contributed by atoms with E-state index in [9.17, 15) is 9.59 Å². The Kier molecular flexibility index (Phi) is 6.23. The molecule has 2 aliphatic carbocycles. The monoisotopic (exact) mass is 274 g/mol. The highest BCUT2D eigenvalue weighted by Crippen LogP contribution is 2.34. The number of allylic oxidation sites excluding steroid dienone is 4. The van der Waals surface area contributed by atoms with E-state index in [0.717, 1.165) is 75.1 Å². The van der Waals surface area contributed by atoms with E-state index in [1.165, 1.54) is 36.8 Å². The molecule has 2 nitrogen and oxygen atoms in total. The minimum absolute atomic E-state index is 0.897. The average molecular weight is 274 g/mol. The minimum Gasteiger partial charge on any atom is -0.298 e. The van der Waals surface area contributed by atoms with Gasteiger partial charge in [-0.3, -0.25) is 9.59 Å². The van der Waals surface area contributed by atoms with E-state index < -0.39 is 0 Å². The molecule has 20 heavy (non-hydrogen) atoms. The minimum atomic E-state index is 0.897. The molecule has 0 atom stereocenters. The fourth-order valence-corrected chi connectivity index (χ4v) is 3.51. The molecule has 0 fully saturated rings. The van der Waals surface area contributed by atoms with Crippen LogP contribution in [0.15, 0.2) is 22.3 Å². The quantitative estimate of drug-likeness (QED) is 0.700. The van der Waals surface area contributed by atoms with Crippen molar-refractivity contribution in [1.29, 1.82) is 0 Å². The van der Waals surface area contributed by atoms with Crippen LogP contribution in [0.2, 0.25) is 0 Å². The van der Waals surface area contributed by atoms with Gasteiger partial charge in [-0.1, -0.05) is 25.7 Å². The van der Waals surface area contributed by atoms with E-state index in [1.807, 2.05) is 0 Å². The predicted molar refractivity (Wildman–Crippen MR) is 81.6 cm³/mol. The molecular formula is C18H26O2. The fraction of sp³-hybridized carbons (Fsp3) is 0.667. The number of hydrogen-bond donors (Lipinski definition) is 0. The number of hydrogen-bond acceptors (Lipinski definition) is 2. The van der Waals surface area contributed by atoms with Crippen molar-refractivity contribution >= 4 is 12.6 Å². The van der Waals surface area contributed by atoms with Crippen molar-refractivity contribution in [2.75, 3.05) is 0 Å². The van der Waals surface area contributed by atoms with Crippen molar-refractivity contribution in [3.05, 3.63) is 22.3 Å². The number of rotatable bonds is 3. The maximum atomic E-state index is 11.5. The summed E-state index contributed by atoms with van der Waals surface area (Å²) in [5.74, 6) is 0. The highest BCUT2D eigenvalue weighted by molar-refractivity contribution is 5.81. The molecule has 0 saturated carbocycles. The van der Waals surface area contributed by atoms with Gasteiger partial charge in [0.2, 0.25) is 0 Å². The van der Waals surface area contributed by atoms with Gasteiger partial charge in [-0.2, -0.15) is 0 Å². The first kappa shape index (κ1) is 15.2. The third-order valence-corrected chi connectivity index (χ3v) is 4.67. The third-order valence-electron chi connectivity index (χ3n) is 4.67. The second kappa shape index (κ2) is 8.18. The Labute approximate surface area is 122 Å². The lowest BCUT2D eigenvalue weighted by Gasteiger charge is -2.22. The lowest BCUT2D eigenvalue weighted by molar-refractivity contribution is -0.106. The number of carbonyl (C=O) groups is 2. The molecule has 110 valence electrons. The summed E-state index contributed by atoms with van der Waals surface area (Å²) in [7, 11) is 0. The van der Waals surface area contributed by atoms with Crippen LogP contribution in [0.25, 0.3) is 0 Å². The smallest absolute Gasteiger partial charge is 0.146 e. The Bertz CT molecular complexity index is 375. The Hall–Kier alpha value is -1.18. The van der Waals surface area contributed by atoms with Crippen molar-refractivity contribution in [3.8, 4) is 0 Å². The Morgan fingerprint density at radius 1 is 0.500 bits per heavy atom. The zero-order valence-corrected chi connectivity index (χ0v) is 12.5. The summed E-state index contributed by atoms with van der Waals surface area (Å²) in [5, 5.41) is 0. The van der Waals surface area contributed by atoms with Gasteiger partial charge in [-0.05, 0) is 73.7 Å². The van der Waals surface area contributed by atoms with Gasteiger partial charge in [0.1, 0.15) is 12.6 Å². The molecular weight excluding hydrogens is 248 g/mol. The Morgan fingerprint density at radius 3 is 1.20 bits per heavy atom. The third kappa shape index (κ3) is 3.91. The average Bonchev–Trinajstić information content (AvgIpc) is 2.40. The summed E-state index contributed by atoms with van der Waals surface area (Å²) in [6, 6.07) is 0. The first-order valence-corrected chi connectivity index (χ1v) is 8.21. The molecule has 2 rings (SSSR count). The summed E-state index contributed by atoms with van der Waals surface area (Å²) < 4.78 is 0. The molecule has 0 bridgehead atoms. The second-order valence-electron chi connectivity index (χ2n) is 6.07. The largest absolute Gasteiger partial charge is 0.298 e. The van der Waals surface area contributed by atoms with Gasteiger partial charge >= 0.3 is 0 Å². The first-order chi connectivity index (χ1) is 9.86. The molecule has 0 aliphatic heterocycles. The zero-order valence-electron chi connectivity index (χ0n) is 12.5. The normalized spacial score (nSPS) is 26.2. The highest BCUT2D eigenvalue weighted by atomic mass is 16.1. The first-order valence-electron chi connectivity index (χ1n) is 8.21. The Balaban J connectivity index is 2.39. The molecule has 0 amide bonds. The number of carbonyl (C=O) groups excluding carboxylic acids is 2. The standard InChI is InChI=1S/C18H26O2/c19-13-15-9-5-1-3-7-11-17(15)18-12-8-4-2-6-10-16(18)14-20/h13-14H,1-12H2/b17-15-,18-16?. The molecule has 2 heteroatoms. The van der Waals surface area contributed by atoms with Crippen molar-refractivity contribution in [1.82, 2.24) is 0 Å². The van der Waals surface area contributed by atoms with Crippen LogP contribution in [0.3, 0.4) is 0 Å². The Morgan fingerprint density at radius 2 is 0.850 bits per heavy atom. The van der Waals surface area contributed by atoms with Gasteiger partial charge in [0.15, 0.2) is 0 Å². The summed E-state index contributed by atoms with van der Waals surface area (Å²) >= 11 is 0. The van der Waals surface area contributed by atoms with E-state index in [0.29, 0.717) is 0 Å². The van der Waals surface area contributed by atoms with Crippen LogP contribution in [-0.4, -0.2) is 12.6 Å². The van der Waals surface area contributed by atoms with E-state index in [2.05, 4.69) is 0 Å².